The first-order valence-corrected chi connectivity index (χ1v) is 7.83. The fraction of sp³-hybridized carbons (Fsp3) is 1.00. The molecule has 2 aliphatic heterocycles. The highest BCUT2D eigenvalue weighted by atomic mass is 35.5. The summed E-state index contributed by atoms with van der Waals surface area (Å²) in [5.74, 6) is 0. The molecule has 1 unspecified atom stereocenters. The summed E-state index contributed by atoms with van der Waals surface area (Å²) >= 11 is 0. The summed E-state index contributed by atoms with van der Waals surface area (Å²) in [4.78, 5) is 0. The highest BCUT2D eigenvalue weighted by Crippen LogP contribution is 2.31. The van der Waals surface area contributed by atoms with Crippen LogP contribution in [0, 0.1) is 5.41 Å². The van der Waals surface area contributed by atoms with Crippen LogP contribution in [0.1, 0.15) is 32.6 Å². The van der Waals surface area contributed by atoms with Gasteiger partial charge in [-0.3, -0.25) is 0 Å². The lowest BCUT2D eigenvalue weighted by molar-refractivity contribution is 0.300. The molecule has 0 aliphatic carbocycles. The second kappa shape index (κ2) is 6.05. The van der Waals surface area contributed by atoms with E-state index in [1.54, 1.807) is 8.61 Å². The molecule has 108 valence electrons. The highest BCUT2D eigenvalue weighted by molar-refractivity contribution is 7.86. The molecule has 0 aromatic carbocycles. The minimum Gasteiger partial charge on any atom is -0.330 e. The fourth-order valence-electron chi connectivity index (χ4n) is 2.60. The van der Waals surface area contributed by atoms with Crippen LogP contribution in [-0.4, -0.2) is 49.8 Å². The van der Waals surface area contributed by atoms with Crippen molar-refractivity contribution in [3.63, 3.8) is 0 Å². The lowest BCUT2D eigenvalue weighted by atomic mass is 9.90. The summed E-state index contributed by atoms with van der Waals surface area (Å²) in [5.41, 5.74) is 5.68. The van der Waals surface area contributed by atoms with Crippen molar-refractivity contribution in [1.29, 1.82) is 0 Å². The minimum absolute atomic E-state index is 0. The lowest BCUT2D eigenvalue weighted by Crippen LogP contribution is -2.46. The number of nitrogens with zero attached hydrogens (tertiary/aromatic N) is 2. The zero-order valence-corrected chi connectivity index (χ0v) is 12.6. The molecular formula is C11H24ClN3O2S. The first kappa shape index (κ1) is 16.2. The van der Waals surface area contributed by atoms with Gasteiger partial charge in [0.15, 0.2) is 0 Å². The van der Waals surface area contributed by atoms with Crippen LogP contribution in [0.4, 0.5) is 0 Å². The Labute approximate surface area is 116 Å². The SMILES string of the molecule is CC1(CN)CCN(S(=O)(=O)N2CCCCC2)C1.Cl. The molecule has 2 aliphatic rings. The van der Waals surface area contributed by atoms with E-state index in [0.29, 0.717) is 32.7 Å². The first-order chi connectivity index (χ1) is 7.98. The van der Waals surface area contributed by atoms with Crippen LogP contribution < -0.4 is 5.73 Å². The largest absolute Gasteiger partial charge is 0.330 e. The predicted octanol–water partition coefficient (Wildman–Crippen LogP) is 0.810. The zero-order valence-electron chi connectivity index (χ0n) is 11.0. The number of hydrogen-bond acceptors (Lipinski definition) is 3. The Morgan fingerprint density at radius 1 is 1.11 bits per heavy atom. The van der Waals surface area contributed by atoms with E-state index in [-0.39, 0.29) is 17.8 Å². The van der Waals surface area contributed by atoms with Gasteiger partial charge >= 0.3 is 0 Å². The van der Waals surface area contributed by atoms with Crippen molar-refractivity contribution in [2.24, 2.45) is 11.1 Å². The standard InChI is InChI=1S/C11H23N3O2S.ClH/c1-11(9-12)5-8-14(10-11)17(15,16)13-6-3-2-4-7-13;/h2-10,12H2,1H3;1H. The molecule has 0 bridgehead atoms. The Hall–Kier alpha value is 0.120. The summed E-state index contributed by atoms with van der Waals surface area (Å²) in [6, 6.07) is 0. The second-order valence-electron chi connectivity index (χ2n) is 5.57. The van der Waals surface area contributed by atoms with E-state index in [2.05, 4.69) is 6.92 Å². The second-order valence-corrected chi connectivity index (χ2v) is 7.49. The molecule has 2 fully saturated rings. The number of piperidine rings is 1. The Balaban J connectivity index is 0.00000162. The molecule has 7 heteroatoms. The Morgan fingerprint density at radius 2 is 1.72 bits per heavy atom. The average Bonchev–Trinajstić information content (AvgIpc) is 2.75. The van der Waals surface area contributed by atoms with Crippen LogP contribution in [0.3, 0.4) is 0 Å². The van der Waals surface area contributed by atoms with Crippen molar-refractivity contribution in [3.05, 3.63) is 0 Å². The van der Waals surface area contributed by atoms with Gasteiger partial charge in [0.2, 0.25) is 0 Å². The topological polar surface area (TPSA) is 66.6 Å². The lowest BCUT2D eigenvalue weighted by Gasteiger charge is -2.31. The molecular weight excluding hydrogens is 274 g/mol. The Morgan fingerprint density at radius 3 is 2.22 bits per heavy atom. The Kier molecular flexibility index (Phi) is 5.44. The van der Waals surface area contributed by atoms with E-state index in [0.717, 1.165) is 25.7 Å². The van der Waals surface area contributed by atoms with Gasteiger partial charge in [-0.05, 0) is 31.2 Å². The third-order valence-corrected chi connectivity index (χ3v) is 5.97. The summed E-state index contributed by atoms with van der Waals surface area (Å²) in [6.45, 7) is 5.17. The van der Waals surface area contributed by atoms with Gasteiger partial charge in [-0.2, -0.15) is 17.0 Å². The van der Waals surface area contributed by atoms with Crippen LogP contribution in [0.25, 0.3) is 0 Å². The number of rotatable bonds is 3. The molecule has 0 aromatic heterocycles. The smallest absolute Gasteiger partial charge is 0.281 e. The third kappa shape index (κ3) is 3.17. The van der Waals surface area contributed by atoms with E-state index in [1.807, 2.05) is 0 Å². The van der Waals surface area contributed by atoms with Crippen LogP contribution in [0.2, 0.25) is 0 Å². The van der Waals surface area contributed by atoms with Gasteiger partial charge in [-0.15, -0.1) is 12.4 Å². The molecule has 0 amide bonds. The molecule has 0 radical (unpaired) electrons. The maximum Gasteiger partial charge on any atom is 0.281 e. The van der Waals surface area contributed by atoms with Crippen molar-refractivity contribution < 1.29 is 8.42 Å². The molecule has 2 N–H and O–H groups in total. The number of hydrogen-bond donors (Lipinski definition) is 1. The van der Waals surface area contributed by atoms with Crippen LogP contribution in [0.15, 0.2) is 0 Å². The average molecular weight is 298 g/mol. The maximum atomic E-state index is 12.4. The van der Waals surface area contributed by atoms with E-state index >= 15 is 0 Å². The minimum atomic E-state index is -3.23. The van der Waals surface area contributed by atoms with E-state index in [1.165, 1.54) is 0 Å². The molecule has 1 atom stereocenters. The zero-order chi connectivity index (χ0) is 12.5. The van der Waals surface area contributed by atoms with E-state index in [4.69, 9.17) is 5.73 Å². The van der Waals surface area contributed by atoms with Gasteiger partial charge in [-0.1, -0.05) is 13.3 Å². The fourth-order valence-corrected chi connectivity index (χ4v) is 4.44. The molecule has 2 heterocycles. The summed E-state index contributed by atoms with van der Waals surface area (Å²) in [5, 5.41) is 0. The van der Waals surface area contributed by atoms with Gasteiger partial charge in [0.1, 0.15) is 0 Å². The molecule has 0 aromatic rings. The normalized spacial score (nSPS) is 31.2. The molecule has 2 rings (SSSR count). The van der Waals surface area contributed by atoms with Gasteiger partial charge in [0.05, 0.1) is 0 Å². The molecule has 5 nitrogen and oxygen atoms in total. The van der Waals surface area contributed by atoms with E-state index < -0.39 is 10.2 Å². The quantitative estimate of drug-likeness (QED) is 0.838. The van der Waals surface area contributed by atoms with Gasteiger partial charge in [0, 0.05) is 26.2 Å². The molecule has 0 spiro atoms. The third-order valence-electron chi connectivity index (χ3n) is 3.98. The van der Waals surface area contributed by atoms with Crippen LogP contribution in [0.5, 0.6) is 0 Å². The summed E-state index contributed by atoms with van der Waals surface area (Å²) in [6.07, 6.45) is 3.99. The molecule has 2 saturated heterocycles. The van der Waals surface area contributed by atoms with Crippen molar-refractivity contribution in [2.75, 3.05) is 32.7 Å². The van der Waals surface area contributed by atoms with Crippen molar-refractivity contribution in [3.8, 4) is 0 Å². The monoisotopic (exact) mass is 297 g/mol. The van der Waals surface area contributed by atoms with Crippen molar-refractivity contribution in [1.82, 2.24) is 8.61 Å². The van der Waals surface area contributed by atoms with Gasteiger partial charge in [0.25, 0.3) is 10.2 Å². The summed E-state index contributed by atoms with van der Waals surface area (Å²) < 4.78 is 28.1. The van der Waals surface area contributed by atoms with Crippen LogP contribution >= 0.6 is 12.4 Å². The number of nitrogens with two attached hydrogens (primary N) is 1. The molecule has 0 saturated carbocycles. The van der Waals surface area contributed by atoms with Gasteiger partial charge in [-0.25, -0.2) is 0 Å². The summed E-state index contributed by atoms with van der Waals surface area (Å²) in [7, 11) is -3.23. The highest BCUT2D eigenvalue weighted by Gasteiger charge is 2.40. The Bertz CT molecular complexity index is 370. The first-order valence-electron chi connectivity index (χ1n) is 6.43. The molecule has 18 heavy (non-hydrogen) atoms. The maximum absolute atomic E-state index is 12.4. The predicted molar refractivity (Wildman–Crippen MR) is 74.9 cm³/mol. The van der Waals surface area contributed by atoms with Gasteiger partial charge < -0.3 is 5.73 Å². The van der Waals surface area contributed by atoms with E-state index in [9.17, 15) is 8.42 Å². The number of halogens is 1. The van der Waals surface area contributed by atoms with Crippen molar-refractivity contribution in [2.45, 2.75) is 32.6 Å². The van der Waals surface area contributed by atoms with Crippen molar-refractivity contribution >= 4 is 22.6 Å². The van der Waals surface area contributed by atoms with Crippen LogP contribution in [-0.2, 0) is 10.2 Å².